The van der Waals surface area contributed by atoms with Crippen molar-refractivity contribution >= 4 is 11.8 Å². The third-order valence-electron chi connectivity index (χ3n) is 4.03. The van der Waals surface area contributed by atoms with Gasteiger partial charge < -0.3 is 0 Å². The van der Waals surface area contributed by atoms with Crippen molar-refractivity contribution in [3.63, 3.8) is 0 Å². The molecule has 2 atom stereocenters. The van der Waals surface area contributed by atoms with Crippen LogP contribution in [0.15, 0.2) is 0 Å². The van der Waals surface area contributed by atoms with E-state index in [4.69, 9.17) is 5.26 Å². The molecule has 0 saturated heterocycles. The van der Waals surface area contributed by atoms with Gasteiger partial charge in [-0.2, -0.15) is 57.9 Å². The molecular weight excluding hydrogens is 461 g/mol. The minimum Gasteiger partial charge on any atom is -0.224 e. The molecule has 15 heteroatoms. The molecule has 0 fully saturated rings. The van der Waals surface area contributed by atoms with Gasteiger partial charge in [0.2, 0.25) is 0 Å². The third kappa shape index (κ3) is 8.29. The first-order valence-corrected chi connectivity index (χ1v) is 8.72. The molecule has 0 rings (SSSR count). The van der Waals surface area contributed by atoms with Gasteiger partial charge >= 0.3 is 24.7 Å². The number of hydrogen-bond donors (Lipinski definition) is 0. The predicted molar refractivity (Wildman–Crippen MR) is 76.2 cm³/mol. The van der Waals surface area contributed by atoms with Crippen LogP contribution in [0.4, 0.5) is 57.1 Å². The van der Waals surface area contributed by atoms with Gasteiger partial charge in [0, 0.05) is 12.2 Å². The molecule has 0 heterocycles. The van der Waals surface area contributed by atoms with Crippen LogP contribution in [-0.4, -0.2) is 36.1 Å². The average molecular weight is 475 g/mol. The highest BCUT2D eigenvalue weighted by Crippen LogP contribution is 2.53. The van der Waals surface area contributed by atoms with Crippen molar-refractivity contribution < 1.29 is 57.1 Å². The van der Waals surface area contributed by atoms with Gasteiger partial charge in [0.1, 0.15) is 5.40 Å². The van der Waals surface area contributed by atoms with Crippen molar-refractivity contribution in [2.75, 3.05) is 5.75 Å². The summed E-state index contributed by atoms with van der Waals surface area (Å²) >= 11 is 0.643. The second-order valence-corrected chi connectivity index (χ2v) is 7.03. The van der Waals surface area contributed by atoms with E-state index in [1.54, 1.807) is 5.40 Å². The number of unbranched alkanes of at least 4 members (excludes halogenated alkanes) is 1. The Kier molecular flexibility index (Phi) is 9.46. The fourth-order valence-electron chi connectivity index (χ4n) is 2.43. The first-order valence-electron chi connectivity index (χ1n) is 7.74. The van der Waals surface area contributed by atoms with Gasteiger partial charge in [-0.3, -0.25) is 0 Å². The van der Waals surface area contributed by atoms with Crippen LogP contribution in [0.1, 0.15) is 32.1 Å². The maximum absolute atomic E-state index is 13.7. The normalized spacial score (nSPS) is 16.4. The summed E-state index contributed by atoms with van der Waals surface area (Å²) < 4.78 is 167. The van der Waals surface area contributed by atoms with Crippen LogP contribution < -0.4 is 0 Å². The number of nitrogens with zero attached hydrogens (tertiary/aromatic N) is 1. The highest BCUT2D eigenvalue weighted by molar-refractivity contribution is 8.03. The predicted octanol–water partition coefficient (Wildman–Crippen LogP) is 7.34. The number of rotatable bonds is 9. The second-order valence-electron chi connectivity index (χ2n) is 6.15. The Morgan fingerprint density at radius 3 is 1.48 bits per heavy atom. The first kappa shape index (κ1) is 27.9. The molecule has 1 nitrogen and oxygen atoms in total. The van der Waals surface area contributed by atoms with Gasteiger partial charge in [0.05, 0.1) is 11.8 Å². The zero-order valence-electron chi connectivity index (χ0n) is 14.2. The zero-order valence-corrected chi connectivity index (χ0v) is 15.0. The molecule has 0 aromatic heterocycles. The average Bonchev–Trinajstić information content (AvgIpc) is 2.47. The van der Waals surface area contributed by atoms with Gasteiger partial charge in [-0.1, -0.05) is 6.42 Å². The lowest BCUT2D eigenvalue weighted by atomic mass is 9.82. The van der Waals surface area contributed by atoms with E-state index in [0.717, 1.165) is 0 Å². The summed E-state index contributed by atoms with van der Waals surface area (Å²) in [5, 5.41) is 9.82. The van der Waals surface area contributed by atoms with E-state index in [-0.39, 0.29) is 18.6 Å². The zero-order chi connectivity index (χ0) is 23.3. The summed E-state index contributed by atoms with van der Waals surface area (Å²) in [7, 11) is 0. The first-order chi connectivity index (χ1) is 12.8. The van der Waals surface area contributed by atoms with Crippen LogP contribution >= 0.6 is 11.8 Å². The minimum absolute atomic E-state index is 0.0273. The number of halogens is 13. The van der Waals surface area contributed by atoms with Gasteiger partial charge in [0.15, 0.2) is 0 Å². The summed E-state index contributed by atoms with van der Waals surface area (Å²) in [6, 6.07) is 0. The van der Waals surface area contributed by atoms with Crippen molar-refractivity contribution in [1.82, 2.24) is 0 Å². The molecule has 0 aromatic carbocycles. The Hall–Kier alpha value is -1.07. The van der Waals surface area contributed by atoms with E-state index in [1.165, 1.54) is 0 Å². The van der Waals surface area contributed by atoms with Crippen LogP contribution in [0.5, 0.6) is 0 Å². The molecule has 0 bridgehead atoms. The minimum atomic E-state index is -6.81. The Bertz CT molecular complexity index is 526. The summed E-state index contributed by atoms with van der Waals surface area (Å²) in [6.07, 6.45) is -31.8. The fraction of sp³-hybridized carbons (Fsp3) is 0.929. The van der Waals surface area contributed by atoms with Crippen LogP contribution in [-0.2, 0) is 0 Å². The van der Waals surface area contributed by atoms with Gasteiger partial charge in [-0.25, -0.2) is 4.39 Å². The van der Waals surface area contributed by atoms with Crippen LogP contribution in [0.3, 0.4) is 0 Å². The smallest absolute Gasteiger partial charge is 0.224 e. The van der Waals surface area contributed by atoms with E-state index in [0.29, 0.717) is 11.8 Å². The highest BCUT2D eigenvalue weighted by Gasteiger charge is 2.74. The van der Waals surface area contributed by atoms with Crippen molar-refractivity contribution in [1.29, 1.82) is 5.26 Å². The number of alkyl halides is 13. The lowest BCUT2D eigenvalue weighted by Crippen LogP contribution is -2.55. The summed E-state index contributed by atoms with van der Waals surface area (Å²) in [5.74, 6) is -6.71. The second kappa shape index (κ2) is 9.82. The van der Waals surface area contributed by atoms with Gasteiger partial charge in [-0.15, -0.1) is 0 Å². The Balaban J connectivity index is 5.66. The molecule has 0 spiro atoms. The molecule has 0 radical (unpaired) electrons. The molecule has 0 aliphatic carbocycles. The maximum Gasteiger partial charge on any atom is 0.431 e. The Morgan fingerprint density at radius 2 is 1.14 bits per heavy atom. The summed E-state index contributed by atoms with van der Waals surface area (Å²) in [4.78, 5) is 0. The lowest BCUT2D eigenvalue weighted by molar-refractivity contribution is -0.353. The quantitative estimate of drug-likeness (QED) is 0.198. The number of nitriles is 1. The SMILES string of the molecule is N#CSCCCCC(CC(CC(F)(C(F)(F)F)C(F)(F)F)C(F)(F)F)C(F)(F)F. The lowest BCUT2D eigenvalue weighted by Gasteiger charge is -2.35. The molecule has 0 aliphatic rings. The molecule has 0 aromatic rings. The number of hydrogen-bond acceptors (Lipinski definition) is 2. The Morgan fingerprint density at radius 1 is 0.690 bits per heavy atom. The van der Waals surface area contributed by atoms with Crippen LogP contribution in [0.2, 0.25) is 0 Å². The Labute approximate surface area is 160 Å². The number of thioether (sulfide) groups is 1. The fourth-order valence-corrected chi connectivity index (χ4v) is 2.87. The van der Waals surface area contributed by atoms with E-state index in [1.807, 2.05) is 0 Å². The van der Waals surface area contributed by atoms with E-state index in [2.05, 4.69) is 0 Å². The molecule has 172 valence electrons. The van der Waals surface area contributed by atoms with E-state index < -0.39 is 61.5 Å². The van der Waals surface area contributed by atoms with Crippen LogP contribution in [0, 0.1) is 22.5 Å². The molecule has 2 unspecified atom stereocenters. The van der Waals surface area contributed by atoms with Crippen LogP contribution in [0.25, 0.3) is 0 Å². The summed E-state index contributed by atoms with van der Waals surface area (Å²) in [5.41, 5.74) is -6.32. The number of thiocyanates is 1. The molecule has 0 amide bonds. The maximum atomic E-state index is 13.7. The molecular formula is C14H14F13NS. The largest absolute Gasteiger partial charge is 0.431 e. The van der Waals surface area contributed by atoms with Crippen molar-refractivity contribution in [2.24, 2.45) is 11.8 Å². The summed E-state index contributed by atoms with van der Waals surface area (Å²) in [6.45, 7) is 0. The monoisotopic (exact) mass is 475 g/mol. The molecule has 0 aliphatic heterocycles. The standard InChI is InChI=1S/C14H14F13NS/c15-10(13(22,23)24,14(25,26)27)6-9(12(19,20)21)5-8(11(16,17)18)3-1-2-4-29-7-28/h8-9H,1-6H2. The molecule has 0 saturated carbocycles. The third-order valence-corrected chi connectivity index (χ3v) is 4.66. The molecule has 29 heavy (non-hydrogen) atoms. The van der Waals surface area contributed by atoms with Crippen molar-refractivity contribution in [2.45, 2.75) is 62.5 Å². The van der Waals surface area contributed by atoms with Crippen molar-refractivity contribution in [3.8, 4) is 5.40 Å². The van der Waals surface area contributed by atoms with E-state index >= 15 is 0 Å². The van der Waals surface area contributed by atoms with Crippen molar-refractivity contribution in [3.05, 3.63) is 0 Å². The topological polar surface area (TPSA) is 23.8 Å². The molecule has 0 N–H and O–H groups in total. The highest BCUT2D eigenvalue weighted by atomic mass is 32.2. The van der Waals surface area contributed by atoms with Gasteiger partial charge in [0.25, 0.3) is 5.67 Å². The van der Waals surface area contributed by atoms with E-state index in [9.17, 15) is 57.1 Å². The van der Waals surface area contributed by atoms with Gasteiger partial charge in [-0.05, 0) is 31.0 Å².